The summed E-state index contributed by atoms with van der Waals surface area (Å²) in [7, 11) is 2.22. The lowest BCUT2D eigenvalue weighted by atomic mass is 9.99. The molecule has 0 amide bonds. The summed E-state index contributed by atoms with van der Waals surface area (Å²) in [4.78, 5) is 9.43. The fourth-order valence-electron chi connectivity index (χ4n) is 3.92. The van der Waals surface area contributed by atoms with Crippen LogP contribution in [0.1, 0.15) is 25.0 Å². The van der Waals surface area contributed by atoms with E-state index in [0.717, 1.165) is 28.8 Å². The van der Waals surface area contributed by atoms with Crippen molar-refractivity contribution in [3.63, 3.8) is 0 Å². The number of piperazine rings is 1. The Labute approximate surface area is 176 Å². The highest BCUT2D eigenvalue weighted by Crippen LogP contribution is 2.27. The SMILES string of the molecule is C[C@@H]1CN(c2ccc(N/C=C3\CN=Cc4ccc(Br)cc43)cc2)C[C@H](C)N1C. The summed E-state index contributed by atoms with van der Waals surface area (Å²) in [5.41, 5.74) is 5.98. The Morgan fingerprint density at radius 3 is 2.50 bits per heavy atom. The van der Waals surface area contributed by atoms with Crippen molar-refractivity contribution in [3.05, 3.63) is 64.3 Å². The first-order valence-electron chi connectivity index (χ1n) is 9.83. The van der Waals surface area contributed by atoms with Gasteiger partial charge in [-0.05, 0) is 74.0 Å². The molecule has 146 valence electrons. The average Bonchev–Trinajstić information content (AvgIpc) is 2.70. The quantitative estimate of drug-likeness (QED) is 0.741. The van der Waals surface area contributed by atoms with Gasteiger partial charge in [-0.1, -0.05) is 22.0 Å². The van der Waals surface area contributed by atoms with Crippen LogP contribution in [-0.4, -0.2) is 49.9 Å². The fraction of sp³-hybridized carbons (Fsp3) is 0.348. The average molecular weight is 439 g/mol. The van der Waals surface area contributed by atoms with Crippen LogP contribution in [0.2, 0.25) is 0 Å². The first-order chi connectivity index (χ1) is 13.5. The maximum atomic E-state index is 4.48. The number of benzene rings is 2. The number of hydrogen-bond donors (Lipinski definition) is 1. The maximum absolute atomic E-state index is 4.48. The Balaban J connectivity index is 1.47. The van der Waals surface area contributed by atoms with Gasteiger partial charge in [0.05, 0.1) is 6.54 Å². The van der Waals surface area contributed by atoms with Gasteiger partial charge in [0.25, 0.3) is 0 Å². The molecule has 2 atom stereocenters. The van der Waals surface area contributed by atoms with Gasteiger partial charge in [-0.2, -0.15) is 0 Å². The summed E-state index contributed by atoms with van der Waals surface area (Å²) in [6, 6.07) is 16.2. The van der Waals surface area contributed by atoms with Gasteiger partial charge in [-0.25, -0.2) is 0 Å². The van der Waals surface area contributed by atoms with Gasteiger partial charge in [0, 0.05) is 53.4 Å². The second-order valence-electron chi connectivity index (χ2n) is 7.83. The van der Waals surface area contributed by atoms with Crippen LogP contribution in [-0.2, 0) is 0 Å². The molecule has 1 saturated heterocycles. The number of anilines is 2. The van der Waals surface area contributed by atoms with Crippen molar-refractivity contribution in [2.24, 2.45) is 4.99 Å². The van der Waals surface area contributed by atoms with Crippen LogP contribution in [0.25, 0.3) is 5.57 Å². The lowest BCUT2D eigenvalue weighted by Crippen LogP contribution is -2.55. The van der Waals surface area contributed by atoms with Gasteiger partial charge in [0.1, 0.15) is 0 Å². The molecule has 2 aromatic rings. The van der Waals surface area contributed by atoms with Crippen molar-refractivity contribution in [2.75, 3.05) is 36.9 Å². The van der Waals surface area contributed by atoms with Crippen LogP contribution in [0, 0.1) is 0 Å². The number of nitrogens with one attached hydrogen (secondary N) is 1. The lowest BCUT2D eigenvalue weighted by Gasteiger charge is -2.43. The molecule has 2 aliphatic heterocycles. The molecule has 0 radical (unpaired) electrons. The second-order valence-corrected chi connectivity index (χ2v) is 8.75. The first-order valence-corrected chi connectivity index (χ1v) is 10.6. The molecule has 0 aliphatic carbocycles. The van der Waals surface area contributed by atoms with Gasteiger partial charge >= 0.3 is 0 Å². The van der Waals surface area contributed by atoms with Crippen LogP contribution in [0.15, 0.2) is 58.1 Å². The van der Waals surface area contributed by atoms with Gasteiger partial charge in [-0.3, -0.25) is 9.89 Å². The molecule has 2 aromatic carbocycles. The van der Waals surface area contributed by atoms with E-state index in [0.29, 0.717) is 18.6 Å². The standard InChI is InChI=1S/C23H27BrN4/c1-16-14-28(15-17(2)27(16)3)22-8-6-21(7-9-22)26-13-19-12-25-11-18-4-5-20(24)10-23(18)19/h4-11,13,16-17,26H,12,14-15H2,1-3H3/b19-13+/t16-,17+. The summed E-state index contributed by atoms with van der Waals surface area (Å²) >= 11 is 3.57. The minimum Gasteiger partial charge on any atom is -0.368 e. The predicted octanol–water partition coefficient (Wildman–Crippen LogP) is 4.86. The number of fused-ring (bicyclic) bond motifs is 1. The third kappa shape index (κ3) is 4.01. The topological polar surface area (TPSA) is 30.9 Å². The second kappa shape index (κ2) is 8.10. The van der Waals surface area contributed by atoms with E-state index in [1.54, 1.807) is 0 Å². The van der Waals surface area contributed by atoms with Crippen LogP contribution < -0.4 is 10.2 Å². The largest absolute Gasteiger partial charge is 0.368 e. The molecule has 28 heavy (non-hydrogen) atoms. The lowest BCUT2D eigenvalue weighted by molar-refractivity contribution is 0.170. The van der Waals surface area contributed by atoms with E-state index in [1.165, 1.54) is 16.8 Å². The van der Waals surface area contributed by atoms with Crippen LogP contribution in [0.3, 0.4) is 0 Å². The van der Waals surface area contributed by atoms with E-state index < -0.39 is 0 Å². The predicted molar refractivity (Wildman–Crippen MR) is 124 cm³/mol. The molecular formula is C23H27BrN4. The van der Waals surface area contributed by atoms with Gasteiger partial charge in [0.2, 0.25) is 0 Å². The Hall–Kier alpha value is -2.11. The first kappa shape index (κ1) is 19.2. The van der Waals surface area contributed by atoms with Crippen molar-refractivity contribution in [2.45, 2.75) is 25.9 Å². The molecule has 5 heteroatoms. The Morgan fingerprint density at radius 1 is 1.07 bits per heavy atom. The molecule has 1 fully saturated rings. The van der Waals surface area contributed by atoms with Crippen LogP contribution in [0.5, 0.6) is 0 Å². The normalized spacial score (nSPS) is 23.7. The van der Waals surface area contributed by atoms with Crippen molar-refractivity contribution in [1.29, 1.82) is 0 Å². The molecule has 1 N–H and O–H groups in total. The van der Waals surface area contributed by atoms with E-state index in [-0.39, 0.29) is 0 Å². The van der Waals surface area contributed by atoms with Gasteiger partial charge in [0.15, 0.2) is 0 Å². The highest BCUT2D eigenvalue weighted by molar-refractivity contribution is 9.10. The molecule has 4 nitrogen and oxygen atoms in total. The van der Waals surface area contributed by atoms with E-state index in [2.05, 4.69) is 106 Å². The van der Waals surface area contributed by atoms with E-state index in [4.69, 9.17) is 0 Å². The molecule has 2 heterocycles. The smallest absolute Gasteiger partial charge is 0.0660 e. The number of aliphatic imine (C=N–C) groups is 1. The third-order valence-corrected chi connectivity index (χ3v) is 6.35. The summed E-state index contributed by atoms with van der Waals surface area (Å²) < 4.78 is 1.09. The fourth-order valence-corrected chi connectivity index (χ4v) is 4.29. The highest BCUT2D eigenvalue weighted by Gasteiger charge is 2.26. The summed E-state index contributed by atoms with van der Waals surface area (Å²) in [6.07, 6.45) is 4.03. The van der Waals surface area contributed by atoms with Gasteiger partial charge in [-0.15, -0.1) is 0 Å². The maximum Gasteiger partial charge on any atom is 0.0660 e. The minimum absolute atomic E-state index is 0.567. The van der Waals surface area contributed by atoms with Crippen LogP contribution in [0.4, 0.5) is 11.4 Å². The summed E-state index contributed by atoms with van der Waals surface area (Å²) in [5.74, 6) is 0. The number of likely N-dealkylation sites (N-methyl/N-ethyl adjacent to an activating group) is 1. The molecule has 4 rings (SSSR count). The minimum atomic E-state index is 0.567. The van der Waals surface area contributed by atoms with Crippen molar-refractivity contribution in [3.8, 4) is 0 Å². The Kier molecular flexibility index (Phi) is 5.56. The molecular weight excluding hydrogens is 412 g/mol. The Bertz CT molecular complexity index is 891. The highest BCUT2D eigenvalue weighted by atomic mass is 79.9. The summed E-state index contributed by atoms with van der Waals surface area (Å²) in [6.45, 7) is 7.44. The van der Waals surface area contributed by atoms with E-state index in [9.17, 15) is 0 Å². The van der Waals surface area contributed by atoms with Crippen molar-refractivity contribution >= 4 is 39.1 Å². The van der Waals surface area contributed by atoms with Crippen molar-refractivity contribution in [1.82, 2.24) is 4.90 Å². The molecule has 0 saturated carbocycles. The van der Waals surface area contributed by atoms with E-state index >= 15 is 0 Å². The number of nitrogens with zero attached hydrogens (tertiary/aromatic N) is 3. The summed E-state index contributed by atoms with van der Waals surface area (Å²) in [5, 5.41) is 3.45. The molecule has 0 bridgehead atoms. The zero-order valence-electron chi connectivity index (χ0n) is 16.7. The zero-order chi connectivity index (χ0) is 19.7. The molecule has 0 aromatic heterocycles. The monoisotopic (exact) mass is 438 g/mol. The van der Waals surface area contributed by atoms with Gasteiger partial charge < -0.3 is 10.2 Å². The molecule has 0 unspecified atom stereocenters. The molecule has 0 spiro atoms. The Morgan fingerprint density at radius 2 is 1.79 bits per heavy atom. The zero-order valence-corrected chi connectivity index (χ0v) is 18.3. The number of hydrogen-bond acceptors (Lipinski definition) is 4. The molecule has 2 aliphatic rings. The third-order valence-electron chi connectivity index (χ3n) is 5.86. The number of rotatable bonds is 3. The van der Waals surface area contributed by atoms with Crippen molar-refractivity contribution < 1.29 is 0 Å². The van der Waals surface area contributed by atoms with E-state index in [1.807, 2.05) is 6.21 Å². The number of halogens is 1. The van der Waals surface area contributed by atoms with Crippen LogP contribution >= 0.6 is 15.9 Å².